The Morgan fingerprint density at radius 3 is 1.84 bits per heavy atom. The Bertz CT molecular complexity index is 569. The monoisotopic (exact) mass is 399 g/mol. The number of hydrogen-bond acceptors (Lipinski definition) is 8. The normalized spacial score (nSPS) is 24.3. The van der Waals surface area contributed by atoms with E-state index >= 15 is 0 Å². The van der Waals surface area contributed by atoms with Crippen LogP contribution in [0.5, 0.6) is 0 Å². The van der Waals surface area contributed by atoms with Crippen molar-refractivity contribution in [2.45, 2.75) is 37.4 Å². The molecule has 11 heteroatoms. The number of carboxylic acids is 4. The molecule has 0 aliphatic carbocycles. The van der Waals surface area contributed by atoms with Gasteiger partial charge in [-0.2, -0.15) is 0 Å². The van der Waals surface area contributed by atoms with Gasteiger partial charge in [-0.1, -0.05) is 55.6 Å². The zero-order chi connectivity index (χ0) is 18.3. The van der Waals surface area contributed by atoms with Gasteiger partial charge in [-0.3, -0.25) is 0 Å². The Kier molecular flexibility index (Phi) is 9.50. The number of allylic oxidation sites excluding steroid dienone is 2. The summed E-state index contributed by atoms with van der Waals surface area (Å²) < 4.78 is 0. The van der Waals surface area contributed by atoms with Crippen LogP contribution in [-0.2, 0) is 36.2 Å². The van der Waals surface area contributed by atoms with E-state index in [1.54, 1.807) is 0 Å². The summed E-state index contributed by atoms with van der Waals surface area (Å²) in [5.74, 6) is -5.54. The average Bonchev–Trinajstić information content (AvgIpc) is 2.55. The quantitative estimate of drug-likeness (QED) is 0.422. The molecule has 3 atom stereocenters. The summed E-state index contributed by atoms with van der Waals surface area (Å²) >= 11 is 0. The van der Waals surface area contributed by atoms with Crippen molar-refractivity contribution in [1.82, 2.24) is 0 Å². The third-order valence-electron chi connectivity index (χ3n) is 3.14. The van der Waals surface area contributed by atoms with Gasteiger partial charge >= 0.3 is 17.1 Å². The van der Waals surface area contributed by atoms with Crippen LogP contribution >= 0.6 is 0 Å². The van der Waals surface area contributed by atoms with Crippen LogP contribution in [0.15, 0.2) is 23.9 Å². The maximum absolute atomic E-state index is 10.3. The van der Waals surface area contributed by atoms with Crippen LogP contribution in [0.2, 0.25) is 0 Å². The van der Waals surface area contributed by atoms with E-state index in [9.17, 15) is 39.6 Å². The van der Waals surface area contributed by atoms with Gasteiger partial charge in [0.1, 0.15) is 0 Å². The smallest absolute Gasteiger partial charge is 0.672 e. The van der Waals surface area contributed by atoms with Crippen LogP contribution in [0, 0.1) is 0 Å². The van der Waals surface area contributed by atoms with Crippen molar-refractivity contribution < 1.29 is 56.7 Å². The van der Waals surface area contributed by atoms with E-state index in [0.717, 1.165) is 6.08 Å². The first-order valence-corrected chi connectivity index (χ1v) is 6.85. The van der Waals surface area contributed by atoms with Crippen LogP contribution in [0.1, 0.15) is 19.3 Å². The molecular formula is C14H12CuN2O8-4. The van der Waals surface area contributed by atoms with Crippen molar-refractivity contribution in [1.29, 1.82) is 0 Å². The fourth-order valence-electron chi connectivity index (χ4n) is 1.97. The van der Waals surface area contributed by atoms with E-state index in [-0.39, 0.29) is 22.8 Å². The zero-order valence-electron chi connectivity index (χ0n) is 12.5. The molecule has 2 heterocycles. The number of piperidine rings is 1. The van der Waals surface area contributed by atoms with Crippen molar-refractivity contribution in [2.24, 2.45) is 0 Å². The van der Waals surface area contributed by atoms with E-state index in [4.69, 9.17) is 0 Å². The maximum atomic E-state index is 10.3. The van der Waals surface area contributed by atoms with Crippen molar-refractivity contribution in [3.63, 3.8) is 0 Å². The Morgan fingerprint density at radius 2 is 1.44 bits per heavy atom. The number of carbonyl (C=O) groups is 4. The van der Waals surface area contributed by atoms with E-state index in [2.05, 4.69) is 10.6 Å². The standard InChI is InChI=1S/C7H10NO4.C7H6NO4.Cu/c2*9-6(10)4-2-1-3-5(8-4)7(11)12;/h4-5H,1-3H2,(H,9,10)(H,11,12);1-4H,(H,9,10)(H,11,12);/q2*-1;+2/p-4. The molecule has 2 aliphatic rings. The summed E-state index contributed by atoms with van der Waals surface area (Å²) in [7, 11) is 0. The van der Waals surface area contributed by atoms with Gasteiger partial charge in [-0.15, -0.1) is 5.70 Å². The molecule has 0 N–H and O–H groups in total. The van der Waals surface area contributed by atoms with E-state index in [1.807, 2.05) is 0 Å². The molecule has 0 saturated carbocycles. The fourth-order valence-corrected chi connectivity index (χ4v) is 1.97. The molecule has 0 aromatic rings. The molecule has 1 saturated heterocycles. The summed E-state index contributed by atoms with van der Waals surface area (Å²) in [5.41, 5.74) is -0.383. The van der Waals surface area contributed by atoms with Crippen LogP contribution in [0.25, 0.3) is 10.6 Å². The van der Waals surface area contributed by atoms with Crippen molar-refractivity contribution in [2.75, 3.05) is 0 Å². The molecule has 25 heavy (non-hydrogen) atoms. The summed E-state index contributed by atoms with van der Waals surface area (Å²) in [6, 6.07) is -3.16. The minimum atomic E-state index is -1.49. The minimum absolute atomic E-state index is 0. The third-order valence-corrected chi connectivity index (χ3v) is 3.14. The molecule has 1 fully saturated rings. The molecule has 0 aromatic heterocycles. The van der Waals surface area contributed by atoms with Gasteiger partial charge in [-0.25, -0.2) is 0 Å². The van der Waals surface area contributed by atoms with Gasteiger partial charge < -0.3 is 50.2 Å². The van der Waals surface area contributed by atoms with E-state index in [1.165, 1.54) is 12.2 Å². The van der Waals surface area contributed by atoms with Crippen LogP contribution in [-0.4, -0.2) is 42.0 Å². The first-order chi connectivity index (χ1) is 11.2. The maximum Gasteiger partial charge on any atom is 2.00 e. The molecule has 10 nitrogen and oxygen atoms in total. The summed E-state index contributed by atoms with van der Waals surface area (Å²) in [4.78, 5) is 41.0. The molecule has 141 valence electrons. The first kappa shape index (κ1) is 22.6. The Hall–Kier alpha value is -2.36. The van der Waals surface area contributed by atoms with Crippen molar-refractivity contribution in [3.05, 3.63) is 34.6 Å². The number of nitrogens with zero attached hydrogens (tertiary/aromatic N) is 2. The van der Waals surface area contributed by atoms with Crippen LogP contribution in [0.4, 0.5) is 0 Å². The molecule has 0 amide bonds. The molecule has 2 rings (SSSR count). The molecule has 1 radical (unpaired) electrons. The van der Waals surface area contributed by atoms with Crippen LogP contribution < -0.4 is 20.4 Å². The predicted octanol–water partition coefficient (Wildman–Crippen LogP) is -4.54. The first-order valence-electron chi connectivity index (χ1n) is 6.85. The largest absolute Gasteiger partial charge is 2.00 e. The third kappa shape index (κ3) is 7.38. The van der Waals surface area contributed by atoms with Gasteiger partial charge in [0, 0.05) is 23.9 Å². The van der Waals surface area contributed by atoms with Crippen LogP contribution in [0.3, 0.4) is 0 Å². The second kappa shape index (κ2) is 10.5. The number of rotatable bonds is 4. The van der Waals surface area contributed by atoms with Gasteiger partial charge in [0.2, 0.25) is 0 Å². The number of hydrogen-bond donors (Lipinski definition) is 0. The number of carboxylic acid groups (broad SMARTS) is 4. The molecule has 2 aliphatic heterocycles. The molecule has 0 bridgehead atoms. The van der Waals surface area contributed by atoms with Gasteiger partial charge in [-0.05, 0) is 0 Å². The van der Waals surface area contributed by atoms with Crippen molar-refractivity contribution >= 4 is 23.9 Å². The van der Waals surface area contributed by atoms with Gasteiger partial charge in [0.25, 0.3) is 0 Å². The zero-order valence-corrected chi connectivity index (χ0v) is 13.5. The Labute approximate surface area is 153 Å². The Balaban J connectivity index is 0.000000443. The van der Waals surface area contributed by atoms with Crippen molar-refractivity contribution in [3.8, 4) is 0 Å². The molecule has 0 spiro atoms. The minimum Gasteiger partial charge on any atom is -0.672 e. The average molecular weight is 400 g/mol. The Morgan fingerprint density at radius 1 is 0.920 bits per heavy atom. The molecule has 3 unspecified atom stereocenters. The summed E-state index contributed by atoms with van der Waals surface area (Å²) in [6.07, 6.45) is 4.95. The molecule has 0 aromatic carbocycles. The summed E-state index contributed by atoms with van der Waals surface area (Å²) in [6.45, 7) is 0. The van der Waals surface area contributed by atoms with E-state index in [0.29, 0.717) is 19.3 Å². The summed E-state index contributed by atoms with van der Waals surface area (Å²) in [5, 5.41) is 47.9. The van der Waals surface area contributed by atoms with Gasteiger partial charge in [0.15, 0.2) is 0 Å². The number of carbonyl (C=O) groups excluding carboxylic acids is 4. The second-order valence-electron chi connectivity index (χ2n) is 4.87. The molecular weight excluding hydrogens is 388 g/mol. The second-order valence-corrected chi connectivity index (χ2v) is 4.87. The number of aliphatic carboxylic acids is 4. The topological polar surface area (TPSA) is 189 Å². The SMILES string of the molecule is O=C([O-])C1=CC=CC(C(=O)[O-])[N-]1.O=C([O-])C1CCCC(C(=O)[O-])[N-]1.[Cu+2]. The predicted molar refractivity (Wildman–Crippen MR) is 69.2 cm³/mol. The van der Waals surface area contributed by atoms with Gasteiger partial charge in [0.05, 0.1) is 0 Å². The fraction of sp³-hybridized carbons (Fsp3) is 0.429. The van der Waals surface area contributed by atoms with E-state index < -0.39 is 42.0 Å².